The van der Waals surface area contributed by atoms with Gasteiger partial charge in [0.1, 0.15) is 5.82 Å². The molecule has 4 rings (SSSR count). The lowest BCUT2D eigenvalue weighted by Crippen LogP contribution is -2.24. The molecule has 1 fully saturated rings. The van der Waals surface area contributed by atoms with Crippen molar-refractivity contribution in [3.63, 3.8) is 0 Å². The Bertz CT molecular complexity index is 1040. The smallest absolute Gasteiger partial charge is 0.322 e. The van der Waals surface area contributed by atoms with Crippen molar-refractivity contribution in [2.45, 2.75) is 18.8 Å². The predicted octanol–water partition coefficient (Wildman–Crippen LogP) is 3.56. The number of benzene rings is 2. The number of aromatic nitrogens is 2. The Morgan fingerprint density at radius 2 is 2.00 bits per heavy atom. The van der Waals surface area contributed by atoms with Gasteiger partial charge in [-0.3, -0.25) is 14.9 Å². The first-order valence-corrected chi connectivity index (χ1v) is 9.30. The molecule has 148 valence electrons. The standard InChI is InChI=1S/C20H16ClFN4O3/c21-15-7-4-8-16(22)14(15)10-17(27)23-20-25-24-19(29-20)12-9-18(28)26(11-12)13-5-2-1-3-6-13/h1-8,12H,9-11H2,(H,23,25,27). The number of amides is 2. The molecule has 1 aliphatic heterocycles. The number of nitrogens with one attached hydrogen (secondary N) is 1. The van der Waals surface area contributed by atoms with Crippen molar-refractivity contribution >= 4 is 35.1 Å². The lowest BCUT2D eigenvalue weighted by atomic mass is 10.1. The molecule has 0 aliphatic carbocycles. The van der Waals surface area contributed by atoms with Crippen LogP contribution in [0.25, 0.3) is 0 Å². The van der Waals surface area contributed by atoms with Gasteiger partial charge in [-0.1, -0.05) is 41.0 Å². The maximum Gasteiger partial charge on any atom is 0.322 e. The molecule has 2 heterocycles. The number of anilines is 2. The van der Waals surface area contributed by atoms with E-state index in [-0.39, 0.29) is 47.2 Å². The first-order chi connectivity index (χ1) is 14.0. The first-order valence-electron chi connectivity index (χ1n) is 8.93. The summed E-state index contributed by atoms with van der Waals surface area (Å²) in [5, 5.41) is 10.4. The highest BCUT2D eigenvalue weighted by molar-refractivity contribution is 6.31. The van der Waals surface area contributed by atoms with E-state index >= 15 is 0 Å². The summed E-state index contributed by atoms with van der Waals surface area (Å²) in [7, 11) is 0. The van der Waals surface area contributed by atoms with Crippen LogP contribution in [-0.2, 0) is 16.0 Å². The highest BCUT2D eigenvalue weighted by atomic mass is 35.5. The Hall–Kier alpha value is -3.26. The van der Waals surface area contributed by atoms with Crippen molar-refractivity contribution < 1.29 is 18.4 Å². The van der Waals surface area contributed by atoms with Crippen molar-refractivity contribution in [2.24, 2.45) is 0 Å². The van der Waals surface area contributed by atoms with Crippen LogP contribution in [0.1, 0.15) is 23.8 Å². The summed E-state index contributed by atoms with van der Waals surface area (Å²) in [4.78, 5) is 26.2. The van der Waals surface area contributed by atoms with Crippen molar-refractivity contribution in [3.8, 4) is 0 Å². The number of hydrogen-bond donors (Lipinski definition) is 1. The van der Waals surface area contributed by atoms with Gasteiger partial charge in [0.25, 0.3) is 0 Å². The Morgan fingerprint density at radius 3 is 2.76 bits per heavy atom. The maximum atomic E-state index is 13.8. The fraction of sp³-hybridized carbons (Fsp3) is 0.200. The molecule has 1 aliphatic rings. The van der Waals surface area contributed by atoms with E-state index in [0.29, 0.717) is 6.54 Å². The number of carbonyl (C=O) groups is 2. The average Bonchev–Trinajstić information content (AvgIpc) is 3.32. The third kappa shape index (κ3) is 4.12. The third-order valence-electron chi connectivity index (χ3n) is 4.63. The predicted molar refractivity (Wildman–Crippen MR) is 104 cm³/mol. The molecule has 1 aromatic heterocycles. The van der Waals surface area contributed by atoms with E-state index in [1.54, 1.807) is 4.90 Å². The Morgan fingerprint density at radius 1 is 1.21 bits per heavy atom. The van der Waals surface area contributed by atoms with Crippen LogP contribution in [0.5, 0.6) is 0 Å². The van der Waals surface area contributed by atoms with E-state index < -0.39 is 11.7 Å². The van der Waals surface area contributed by atoms with Gasteiger partial charge in [0.05, 0.1) is 12.3 Å². The number of hydrogen-bond acceptors (Lipinski definition) is 5. The Labute approximate surface area is 170 Å². The maximum absolute atomic E-state index is 13.8. The molecular weight excluding hydrogens is 399 g/mol. The highest BCUT2D eigenvalue weighted by Crippen LogP contribution is 2.31. The second-order valence-corrected chi connectivity index (χ2v) is 7.02. The molecule has 1 N–H and O–H groups in total. The van der Waals surface area contributed by atoms with E-state index in [9.17, 15) is 14.0 Å². The lowest BCUT2D eigenvalue weighted by Gasteiger charge is -2.15. The summed E-state index contributed by atoms with van der Waals surface area (Å²) in [6.45, 7) is 0.406. The lowest BCUT2D eigenvalue weighted by molar-refractivity contribution is -0.117. The summed E-state index contributed by atoms with van der Waals surface area (Å²) in [5.41, 5.74) is 0.890. The number of rotatable bonds is 5. The van der Waals surface area contributed by atoms with Crippen LogP contribution in [0.3, 0.4) is 0 Å². The monoisotopic (exact) mass is 414 g/mol. The van der Waals surface area contributed by atoms with E-state index in [4.69, 9.17) is 16.0 Å². The van der Waals surface area contributed by atoms with Gasteiger partial charge in [-0.25, -0.2) is 4.39 Å². The van der Waals surface area contributed by atoms with Crippen LogP contribution in [0.2, 0.25) is 5.02 Å². The molecule has 2 aromatic carbocycles. The summed E-state index contributed by atoms with van der Waals surface area (Å²) < 4.78 is 19.3. The molecule has 9 heteroatoms. The zero-order valence-corrected chi connectivity index (χ0v) is 15.9. The van der Waals surface area contributed by atoms with E-state index in [1.165, 1.54) is 18.2 Å². The van der Waals surface area contributed by atoms with Gasteiger partial charge in [0, 0.05) is 29.2 Å². The molecule has 3 aromatic rings. The van der Waals surface area contributed by atoms with Gasteiger partial charge in [-0.15, -0.1) is 5.10 Å². The largest absolute Gasteiger partial charge is 0.407 e. The van der Waals surface area contributed by atoms with Crippen LogP contribution in [0.15, 0.2) is 52.9 Å². The molecule has 7 nitrogen and oxygen atoms in total. The first kappa shape index (κ1) is 19.1. The Kier molecular flexibility index (Phi) is 5.26. The van der Waals surface area contributed by atoms with Gasteiger partial charge in [-0.2, -0.15) is 0 Å². The van der Waals surface area contributed by atoms with Crippen molar-refractivity contribution in [1.82, 2.24) is 10.2 Å². The quantitative estimate of drug-likeness (QED) is 0.689. The fourth-order valence-electron chi connectivity index (χ4n) is 3.21. The average molecular weight is 415 g/mol. The number of carbonyl (C=O) groups excluding carboxylic acids is 2. The SMILES string of the molecule is O=C(Cc1c(F)cccc1Cl)Nc1nnc(C2CC(=O)N(c3ccccc3)C2)o1. The van der Waals surface area contributed by atoms with Gasteiger partial charge in [0.2, 0.25) is 17.7 Å². The molecule has 0 saturated carbocycles. The van der Waals surface area contributed by atoms with E-state index in [1.807, 2.05) is 30.3 Å². The van der Waals surface area contributed by atoms with Gasteiger partial charge < -0.3 is 9.32 Å². The Balaban J connectivity index is 1.41. The van der Waals surface area contributed by atoms with Crippen molar-refractivity contribution in [2.75, 3.05) is 16.8 Å². The van der Waals surface area contributed by atoms with Crippen LogP contribution in [0, 0.1) is 5.82 Å². The molecule has 1 unspecified atom stereocenters. The van der Waals surface area contributed by atoms with Crippen LogP contribution >= 0.6 is 11.6 Å². The van der Waals surface area contributed by atoms with E-state index in [0.717, 1.165) is 5.69 Å². The summed E-state index contributed by atoms with van der Waals surface area (Å²) >= 11 is 5.94. The molecule has 0 spiro atoms. The molecule has 1 atom stereocenters. The molecule has 2 amide bonds. The van der Waals surface area contributed by atoms with Gasteiger partial charge >= 0.3 is 6.01 Å². The third-order valence-corrected chi connectivity index (χ3v) is 4.98. The molecular formula is C20H16ClFN4O3. The number of nitrogens with zero attached hydrogens (tertiary/aromatic N) is 3. The normalized spacial score (nSPS) is 16.3. The summed E-state index contributed by atoms with van der Waals surface area (Å²) in [6.07, 6.45) is -0.0395. The number of halogens is 2. The van der Waals surface area contributed by atoms with Crippen molar-refractivity contribution in [1.29, 1.82) is 0 Å². The molecule has 29 heavy (non-hydrogen) atoms. The molecule has 1 saturated heterocycles. The minimum absolute atomic E-state index is 0.0424. The molecule has 0 bridgehead atoms. The zero-order chi connectivity index (χ0) is 20.4. The topological polar surface area (TPSA) is 88.3 Å². The summed E-state index contributed by atoms with van der Waals surface area (Å²) in [5.74, 6) is -1.16. The zero-order valence-electron chi connectivity index (χ0n) is 15.1. The minimum Gasteiger partial charge on any atom is -0.407 e. The van der Waals surface area contributed by atoms with Crippen LogP contribution < -0.4 is 10.2 Å². The molecule has 0 radical (unpaired) electrons. The summed E-state index contributed by atoms with van der Waals surface area (Å²) in [6, 6.07) is 13.4. The number of para-hydroxylation sites is 1. The minimum atomic E-state index is -0.565. The van der Waals surface area contributed by atoms with Crippen LogP contribution in [0.4, 0.5) is 16.1 Å². The van der Waals surface area contributed by atoms with Crippen molar-refractivity contribution in [3.05, 3.63) is 70.8 Å². The fourth-order valence-corrected chi connectivity index (χ4v) is 3.44. The van der Waals surface area contributed by atoms with Gasteiger partial charge in [-0.05, 0) is 24.3 Å². The van der Waals surface area contributed by atoms with Gasteiger partial charge in [0.15, 0.2) is 0 Å². The van der Waals surface area contributed by atoms with E-state index in [2.05, 4.69) is 15.5 Å². The van der Waals surface area contributed by atoms with Crippen LogP contribution in [-0.4, -0.2) is 28.6 Å². The second-order valence-electron chi connectivity index (χ2n) is 6.61. The highest BCUT2D eigenvalue weighted by Gasteiger charge is 2.35. The second kappa shape index (κ2) is 8.00.